The average Bonchev–Trinajstić information content (AvgIpc) is 2.58. The zero-order valence-corrected chi connectivity index (χ0v) is 11.0. The number of hydrogen-bond donors (Lipinski definition) is 1. The minimum absolute atomic E-state index is 0.496. The van der Waals surface area contributed by atoms with Gasteiger partial charge in [0.05, 0.1) is 5.01 Å². The summed E-state index contributed by atoms with van der Waals surface area (Å²) < 4.78 is 0. The first-order valence-electron chi connectivity index (χ1n) is 5.79. The molecule has 0 saturated carbocycles. The van der Waals surface area contributed by atoms with Crippen molar-refractivity contribution in [3.8, 4) is 0 Å². The van der Waals surface area contributed by atoms with E-state index in [0.717, 1.165) is 17.5 Å². The van der Waals surface area contributed by atoms with E-state index >= 15 is 0 Å². The molecular weight excluding hydrogens is 204 g/mol. The molecule has 0 amide bonds. The van der Waals surface area contributed by atoms with Crippen LogP contribution >= 0.6 is 11.3 Å². The summed E-state index contributed by atoms with van der Waals surface area (Å²) in [6.07, 6.45) is 4.41. The van der Waals surface area contributed by atoms with Crippen molar-refractivity contribution in [3.05, 3.63) is 16.1 Å². The fourth-order valence-electron chi connectivity index (χ4n) is 1.63. The third-order valence-corrected chi connectivity index (χ3v) is 3.36. The van der Waals surface area contributed by atoms with E-state index in [1.54, 1.807) is 0 Å². The van der Waals surface area contributed by atoms with Crippen molar-refractivity contribution >= 4 is 11.3 Å². The molecule has 0 radical (unpaired) electrons. The summed E-state index contributed by atoms with van der Waals surface area (Å²) in [6.45, 7) is 9.91. The standard InChI is InChI=1S/C12H22N2S/c1-5-6-13-11(7-9(2)3)12-8-14-10(4)15-12/h8-9,11,13H,5-7H2,1-4H3. The Morgan fingerprint density at radius 3 is 2.67 bits per heavy atom. The van der Waals surface area contributed by atoms with Crippen LogP contribution in [0.15, 0.2) is 6.20 Å². The van der Waals surface area contributed by atoms with Gasteiger partial charge in [0.15, 0.2) is 0 Å². The van der Waals surface area contributed by atoms with Gasteiger partial charge in [-0.2, -0.15) is 0 Å². The van der Waals surface area contributed by atoms with E-state index in [1.165, 1.54) is 17.7 Å². The second-order valence-corrected chi connectivity index (χ2v) is 5.68. The fraction of sp³-hybridized carbons (Fsp3) is 0.750. The summed E-state index contributed by atoms with van der Waals surface area (Å²) in [4.78, 5) is 5.72. The first kappa shape index (κ1) is 12.7. The zero-order chi connectivity index (χ0) is 11.3. The molecule has 0 bridgehead atoms. The van der Waals surface area contributed by atoms with Gasteiger partial charge in [-0.3, -0.25) is 0 Å². The third kappa shape index (κ3) is 4.31. The molecule has 0 aromatic carbocycles. The summed E-state index contributed by atoms with van der Waals surface area (Å²) in [7, 11) is 0. The van der Waals surface area contributed by atoms with E-state index in [9.17, 15) is 0 Å². The van der Waals surface area contributed by atoms with Gasteiger partial charge < -0.3 is 5.32 Å². The topological polar surface area (TPSA) is 24.9 Å². The Bertz CT molecular complexity index is 281. The lowest BCUT2D eigenvalue weighted by molar-refractivity contribution is 0.435. The van der Waals surface area contributed by atoms with Gasteiger partial charge in [0.2, 0.25) is 0 Å². The highest BCUT2D eigenvalue weighted by Crippen LogP contribution is 2.25. The first-order chi connectivity index (χ1) is 7.13. The molecule has 2 nitrogen and oxygen atoms in total. The number of aryl methyl sites for hydroxylation is 1. The maximum atomic E-state index is 4.33. The molecule has 0 aliphatic carbocycles. The molecule has 15 heavy (non-hydrogen) atoms. The SMILES string of the molecule is CCCNC(CC(C)C)c1cnc(C)s1. The van der Waals surface area contributed by atoms with Crippen LogP contribution in [0.4, 0.5) is 0 Å². The highest BCUT2D eigenvalue weighted by atomic mass is 32.1. The summed E-state index contributed by atoms with van der Waals surface area (Å²) in [6, 6.07) is 0.496. The molecular formula is C12H22N2S. The fourth-order valence-corrected chi connectivity index (χ4v) is 2.50. The van der Waals surface area contributed by atoms with Crippen LogP contribution in [0.2, 0.25) is 0 Å². The smallest absolute Gasteiger partial charge is 0.0897 e. The van der Waals surface area contributed by atoms with Crippen LogP contribution in [0.3, 0.4) is 0 Å². The van der Waals surface area contributed by atoms with E-state index in [-0.39, 0.29) is 0 Å². The van der Waals surface area contributed by atoms with Crippen molar-refractivity contribution < 1.29 is 0 Å². The van der Waals surface area contributed by atoms with Crippen molar-refractivity contribution in [2.75, 3.05) is 6.54 Å². The third-order valence-electron chi connectivity index (χ3n) is 2.33. The van der Waals surface area contributed by atoms with E-state index in [0.29, 0.717) is 6.04 Å². The molecule has 1 N–H and O–H groups in total. The molecule has 1 unspecified atom stereocenters. The molecule has 1 heterocycles. The molecule has 0 aliphatic heterocycles. The minimum Gasteiger partial charge on any atom is -0.309 e. The van der Waals surface area contributed by atoms with Gasteiger partial charge in [0.1, 0.15) is 0 Å². The van der Waals surface area contributed by atoms with Gasteiger partial charge in [0, 0.05) is 17.1 Å². The van der Waals surface area contributed by atoms with Crippen LogP contribution < -0.4 is 5.32 Å². The van der Waals surface area contributed by atoms with Gasteiger partial charge in [0.25, 0.3) is 0 Å². The predicted octanol–water partition coefficient (Wildman–Crippen LogP) is 3.54. The van der Waals surface area contributed by atoms with Crippen LogP contribution in [0.1, 0.15) is 49.5 Å². The molecule has 3 heteroatoms. The van der Waals surface area contributed by atoms with Gasteiger partial charge in [-0.1, -0.05) is 20.8 Å². The molecule has 0 fully saturated rings. The van der Waals surface area contributed by atoms with Crippen molar-refractivity contribution in [3.63, 3.8) is 0 Å². The Hall–Kier alpha value is -0.410. The number of nitrogens with one attached hydrogen (secondary N) is 1. The number of nitrogens with zero attached hydrogens (tertiary/aromatic N) is 1. The summed E-state index contributed by atoms with van der Waals surface area (Å²) in [5.41, 5.74) is 0. The summed E-state index contributed by atoms with van der Waals surface area (Å²) in [5, 5.41) is 4.76. The average molecular weight is 226 g/mol. The number of hydrogen-bond acceptors (Lipinski definition) is 3. The predicted molar refractivity (Wildman–Crippen MR) is 67.3 cm³/mol. The Balaban J connectivity index is 2.62. The van der Waals surface area contributed by atoms with E-state index in [1.807, 2.05) is 17.5 Å². The number of aromatic nitrogens is 1. The van der Waals surface area contributed by atoms with Crippen molar-refractivity contribution in [1.82, 2.24) is 10.3 Å². The van der Waals surface area contributed by atoms with Crippen LogP contribution in [-0.4, -0.2) is 11.5 Å². The van der Waals surface area contributed by atoms with E-state index < -0.39 is 0 Å². The second-order valence-electron chi connectivity index (χ2n) is 4.42. The minimum atomic E-state index is 0.496. The molecule has 1 rings (SSSR count). The Morgan fingerprint density at radius 1 is 1.47 bits per heavy atom. The molecule has 86 valence electrons. The highest BCUT2D eigenvalue weighted by molar-refractivity contribution is 7.11. The lowest BCUT2D eigenvalue weighted by Crippen LogP contribution is -2.22. The maximum absolute atomic E-state index is 4.33. The molecule has 0 saturated heterocycles. The van der Waals surface area contributed by atoms with Crippen LogP contribution in [0, 0.1) is 12.8 Å². The number of rotatable bonds is 6. The summed E-state index contributed by atoms with van der Waals surface area (Å²) >= 11 is 1.81. The van der Waals surface area contributed by atoms with Crippen LogP contribution in [0.5, 0.6) is 0 Å². The van der Waals surface area contributed by atoms with Crippen molar-refractivity contribution in [2.45, 2.75) is 46.6 Å². The molecule has 1 atom stereocenters. The molecule has 1 aromatic heterocycles. The zero-order valence-electron chi connectivity index (χ0n) is 10.2. The van der Waals surface area contributed by atoms with Crippen molar-refractivity contribution in [1.29, 1.82) is 0 Å². The highest BCUT2D eigenvalue weighted by Gasteiger charge is 2.14. The Labute approximate surface area is 97.1 Å². The monoisotopic (exact) mass is 226 g/mol. The van der Waals surface area contributed by atoms with E-state index in [2.05, 4.69) is 38.0 Å². The van der Waals surface area contributed by atoms with Gasteiger partial charge in [-0.15, -0.1) is 11.3 Å². The maximum Gasteiger partial charge on any atom is 0.0897 e. The van der Waals surface area contributed by atoms with Gasteiger partial charge in [-0.25, -0.2) is 4.98 Å². The van der Waals surface area contributed by atoms with Crippen LogP contribution in [0.25, 0.3) is 0 Å². The van der Waals surface area contributed by atoms with Gasteiger partial charge in [-0.05, 0) is 32.2 Å². The van der Waals surface area contributed by atoms with E-state index in [4.69, 9.17) is 0 Å². The largest absolute Gasteiger partial charge is 0.309 e. The Morgan fingerprint density at radius 2 is 2.20 bits per heavy atom. The molecule has 0 spiro atoms. The quantitative estimate of drug-likeness (QED) is 0.802. The van der Waals surface area contributed by atoms with Crippen LogP contribution in [-0.2, 0) is 0 Å². The lowest BCUT2D eigenvalue weighted by Gasteiger charge is -2.18. The molecule has 0 aliphatic rings. The normalized spacial score (nSPS) is 13.4. The Kier molecular flexibility index (Phi) is 5.26. The lowest BCUT2D eigenvalue weighted by atomic mass is 10.0. The van der Waals surface area contributed by atoms with Crippen molar-refractivity contribution in [2.24, 2.45) is 5.92 Å². The summed E-state index contributed by atoms with van der Waals surface area (Å²) in [5.74, 6) is 0.724. The second kappa shape index (κ2) is 6.23. The molecule has 1 aromatic rings. The first-order valence-corrected chi connectivity index (χ1v) is 6.60. The van der Waals surface area contributed by atoms with Gasteiger partial charge >= 0.3 is 0 Å². The number of thiazole rings is 1.